The van der Waals surface area contributed by atoms with Crippen molar-refractivity contribution in [3.63, 3.8) is 0 Å². The molecule has 0 aliphatic carbocycles. The molecule has 0 saturated carbocycles. The molecule has 1 fully saturated rings. The van der Waals surface area contributed by atoms with Crippen LogP contribution < -0.4 is 20.9 Å². The van der Waals surface area contributed by atoms with Crippen molar-refractivity contribution in [2.45, 2.75) is 38.8 Å². The summed E-state index contributed by atoms with van der Waals surface area (Å²) >= 11 is 0. The number of amides is 3. The molecule has 3 amide bonds. The summed E-state index contributed by atoms with van der Waals surface area (Å²) < 4.78 is 0. The average Bonchev–Trinajstić information content (AvgIpc) is 2.78. The van der Waals surface area contributed by atoms with Gasteiger partial charge in [-0.2, -0.15) is 0 Å². The van der Waals surface area contributed by atoms with Crippen LogP contribution in [0.1, 0.15) is 36.8 Å². The van der Waals surface area contributed by atoms with Gasteiger partial charge in [-0.25, -0.2) is 9.78 Å². The normalized spacial score (nSPS) is 13.6. The van der Waals surface area contributed by atoms with Crippen LogP contribution in [0.2, 0.25) is 0 Å². The van der Waals surface area contributed by atoms with Crippen LogP contribution in [-0.2, 0) is 17.9 Å². The molecule has 1 saturated heterocycles. The monoisotopic (exact) mass is 395 g/mol. The number of carbonyl (C=O) groups excluding carboxylic acids is 2. The molecule has 1 aliphatic heterocycles. The van der Waals surface area contributed by atoms with E-state index in [9.17, 15) is 9.59 Å². The van der Waals surface area contributed by atoms with Gasteiger partial charge in [-0.05, 0) is 42.5 Å². The summed E-state index contributed by atoms with van der Waals surface area (Å²) in [5.41, 5.74) is 2.06. The lowest BCUT2D eigenvalue weighted by Gasteiger charge is -2.27. The van der Waals surface area contributed by atoms with Crippen molar-refractivity contribution >= 4 is 17.8 Å². The first kappa shape index (κ1) is 20.6. The Morgan fingerprint density at radius 2 is 1.66 bits per heavy atom. The molecule has 2 heterocycles. The third-order valence-electron chi connectivity index (χ3n) is 4.91. The minimum absolute atomic E-state index is 0.0885. The van der Waals surface area contributed by atoms with Crippen molar-refractivity contribution in [1.82, 2.24) is 20.9 Å². The summed E-state index contributed by atoms with van der Waals surface area (Å²) in [6.45, 7) is 3.29. The molecular formula is C22H29N5O2. The second-order valence-corrected chi connectivity index (χ2v) is 7.19. The Morgan fingerprint density at radius 1 is 0.897 bits per heavy atom. The van der Waals surface area contributed by atoms with E-state index in [2.05, 4.69) is 25.8 Å². The SMILES string of the molecule is O=C(CCNC(=O)NCc1ccnc(N2CCCCC2)c1)NCc1ccccc1. The Hall–Kier alpha value is -3.09. The summed E-state index contributed by atoms with van der Waals surface area (Å²) in [4.78, 5) is 30.6. The maximum atomic E-state index is 12.0. The van der Waals surface area contributed by atoms with E-state index in [0.717, 1.165) is 30.0 Å². The molecule has 0 atom stereocenters. The molecule has 0 radical (unpaired) electrons. The molecule has 0 spiro atoms. The fraction of sp³-hybridized carbons (Fsp3) is 0.409. The van der Waals surface area contributed by atoms with Crippen LogP contribution in [0.3, 0.4) is 0 Å². The lowest BCUT2D eigenvalue weighted by Crippen LogP contribution is -2.37. The minimum atomic E-state index is -0.280. The molecule has 154 valence electrons. The number of rotatable bonds is 8. The van der Waals surface area contributed by atoms with E-state index < -0.39 is 0 Å². The van der Waals surface area contributed by atoms with E-state index in [-0.39, 0.29) is 18.4 Å². The largest absolute Gasteiger partial charge is 0.357 e. The van der Waals surface area contributed by atoms with E-state index in [1.165, 1.54) is 19.3 Å². The first-order chi connectivity index (χ1) is 14.2. The highest BCUT2D eigenvalue weighted by Gasteiger charge is 2.12. The van der Waals surface area contributed by atoms with Crippen molar-refractivity contribution in [1.29, 1.82) is 0 Å². The molecule has 2 aromatic rings. The zero-order valence-electron chi connectivity index (χ0n) is 16.7. The molecular weight excluding hydrogens is 366 g/mol. The Bertz CT molecular complexity index is 791. The predicted octanol–water partition coefficient (Wildman–Crippen LogP) is 2.58. The minimum Gasteiger partial charge on any atom is -0.357 e. The number of carbonyl (C=O) groups is 2. The van der Waals surface area contributed by atoms with Crippen LogP contribution >= 0.6 is 0 Å². The van der Waals surface area contributed by atoms with Gasteiger partial charge in [0.1, 0.15) is 5.82 Å². The summed E-state index contributed by atoms with van der Waals surface area (Å²) in [5.74, 6) is 0.883. The maximum Gasteiger partial charge on any atom is 0.315 e. The maximum absolute atomic E-state index is 12.0. The molecule has 29 heavy (non-hydrogen) atoms. The number of anilines is 1. The van der Waals surface area contributed by atoms with Gasteiger partial charge < -0.3 is 20.9 Å². The molecule has 3 rings (SSSR count). The third-order valence-corrected chi connectivity index (χ3v) is 4.91. The number of hydrogen-bond donors (Lipinski definition) is 3. The molecule has 7 heteroatoms. The zero-order valence-corrected chi connectivity index (χ0v) is 16.7. The first-order valence-corrected chi connectivity index (χ1v) is 10.2. The van der Waals surface area contributed by atoms with Gasteiger partial charge in [-0.3, -0.25) is 4.79 Å². The summed E-state index contributed by atoms with van der Waals surface area (Å²) in [6.07, 6.45) is 5.71. The number of benzene rings is 1. The van der Waals surface area contributed by atoms with Gasteiger partial charge in [0.05, 0.1) is 0 Å². The van der Waals surface area contributed by atoms with Gasteiger partial charge >= 0.3 is 6.03 Å². The fourth-order valence-electron chi connectivity index (χ4n) is 3.29. The van der Waals surface area contributed by atoms with Crippen LogP contribution in [0, 0.1) is 0 Å². The van der Waals surface area contributed by atoms with Gasteiger partial charge in [0.2, 0.25) is 5.91 Å². The number of hydrogen-bond acceptors (Lipinski definition) is 4. The van der Waals surface area contributed by atoms with Crippen molar-refractivity contribution < 1.29 is 9.59 Å². The second-order valence-electron chi connectivity index (χ2n) is 7.19. The fourth-order valence-corrected chi connectivity index (χ4v) is 3.29. The summed E-state index contributed by atoms with van der Waals surface area (Å²) in [6, 6.07) is 13.4. The van der Waals surface area contributed by atoms with Crippen molar-refractivity contribution in [3.05, 3.63) is 59.8 Å². The van der Waals surface area contributed by atoms with Crippen LogP contribution in [0.15, 0.2) is 48.7 Å². The lowest BCUT2D eigenvalue weighted by molar-refractivity contribution is -0.121. The van der Waals surface area contributed by atoms with Gasteiger partial charge in [0, 0.05) is 45.3 Å². The number of pyridine rings is 1. The van der Waals surface area contributed by atoms with Gasteiger partial charge in [0.25, 0.3) is 0 Å². The van der Waals surface area contributed by atoms with E-state index >= 15 is 0 Å². The number of nitrogens with zero attached hydrogens (tertiary/aromatic N) is 2. The number of piperidine rings is 1. The molecule has 3 N–H and O–H groups in total. The summed E-state index contributed by atoms with van der Waals surface area (Å²) in [5, 5.41) is 8.40. The van der Waals surface area contributed by atoms with E-state index in [0.29, 0.717) is 19.6 Å². The second kappa shape index (κ2) is 11.0. The molecule has 1 aromatic carbocycles. The van der Waals surface area contributed by atoms with Gasteiger partial charge in [-0.1, -0.05) is 30.3 Å². The van der Waals surface area contributed by atoms with Crippen LogP contribution in [0.5, 0.6) is 0 Å². The standard InChI is InChI=1S/C22H29N5O2/c28-21(25-16-18-7-3-1-4-8-18)10-12-24-22(29)26-17-19-9-11-23-20(15-19)27-13-5-2-6-14-27/h1,3-4,7-9,11,15H,2,5-6,10,12-14,16-17H2,(H,25,28)(H2,24,26,29). The number of aromatic nitrogens is 1. The Labute approximate surface area is 171 Å². The predicted molar refractivity (Wildman–Crippen MR) is 113 cm³/mol. The van der Waals surface area contributed by atoms with Crippen LogP contribution in [0.4, 0.5) is 10.6 Å². The molecule has 1 aliphatic rings. The van der Waals surface area contributed by atoms with E-state index in [1.54, 1.807) is 6.20 Å². The van der Waals surface area contributed by atoms with Gasteiger partial charge in [0.15, 0.2) is 0 Å². The Morgan fingerprint density at radius 3 is 2.45 bits per heavy atom. The van der Waals surface area contributed by atoms with Crippen LogP contribution in [0.25, 0.3) is 0 Å². The molecule has 7 nitrogen and oxygen atoms in total. The highest BCUT2D eigenvalue weighted by molar-refractivity contribution is 5.78. The van der Waals surface area contributed by atoms with E-state index in [1.807, 2.05) is 42.5 Å². The Kier molecular flexibility index (Phi) is 7.86. The smallest absolute Gasteiger partial charge is 0.315 e. The quantitative estimate of drug-likeness (QED) is 0.641. The third kappa shape index (κ3) is 7.10. The van der Waals surface area contributed by atoms with Crippen LogP contribution in [-0.4, -0.2) is 36.6 Å². The lowest BCUT2D eigenvalue weighted by atomic mass is 10.1. The highest BCUT2D eigenvalue weighted by atomic mass is 16.2. The van der Waals surface area contributed by atoms with Crippen molar-refractivity contribution in [3.8, 4) is 0 Å². The first-order valence-electron chi connectivity index (χ1n) is 10.2. The Balaban J connectivity index is 1.33. The van der Waals surface area contributed by atoms with E-state index in [4.69, 9.17) is 0 Å². The average molecular weight is 396 g/mol. The topological polar surface area (TPSA) is 86.4 Å². The van der Waals surface area contributed by atoms with Crippen molar-refractivity contribution in [2.24, 2.45) is 0 Å². The number of urea groups is 1. The molecule has 1 aromatic heterocycles. The highest BCUT2D eigenvalue weighted by Crippen LogP contribution is 2.18. The number of nitrogens with one attached hydrogen (secondary N) is 3. The van der Waals surface area contributed by atoms with Gasteiger partial charge in [-0.15, -0.1) is 0 Å². The summed E-state index contributed by atoms with van der Waals surface area (Å²) in [7, 11) is 0. The molecule has 0 bridgehead atoms. The zero-order chi connectivity index (χ0) is 20.3. The van der Waals surface area contributed by atoms with Crippen molar-refractivity contribution in [2.75, 3.05) is 24.5 Å². The molecule has 0 unspecified atom stereocenters.